The van der Waals surface area contributed by atoms with Crippen LogP contribution in [0.25, 0.3) is 10.9 Å². The van der Waals surface area contributed by atoms with Gasteiger partial charge in [0.15, 0.2) is 0 Å². The summed E-state index contributed by atoms with van der Waals surface area (Å²) in [5, 5.41) is 32.9. The smallest absolute Gasteiger partial charge is 0.317 e. The number of nitriles is 1. The molecule has 4 heterocycles. The fourth-order valence-corrected chi connectivity index (χ4v) is 11.7. The van der Waals surface area contributed by atoms with Gasteiger partial charge in [-0.3, -0.25) is 68.4 Å². The second-order valence-electron chi connectivity index (χ2n) is 24.5. The number of aromatic nitrogens is 1. The lowest BCUT2D eigenvalue weighted by atomic mass is 9.91. The highest BCUT2D eigenvalue weighted by atomic mass is 19.1. The molecule has 0 saturated carbocycles. The Labute approximate surface area is 540 Å². The Hall–Kier alpha value is -7.86. The number of aryl methyl sites for hydroxylation is 2. The molecule has 3 saturated heterocycles. The largest absolute Gasteiger partial charge is 0.494 e. The number of benzene rings is 2. The summed E-state index contributed by atoms with van der Waals surface area (Å²) < 4.78 is 30.8. The third-order valence-electron chi connectivity index (χ3n) is 17.0. The zero-order chi connectivity index (χ0) is 65.9. The number of hydrogen-bond acceptors (Lipinski definition) is 19. The molecule has 3 aliphatic rings. The highest BCUT2D eigenvalue weighted by Gasteiger charge is 2.43. The normalized spacial score (nSPS) is 18.7. The lowest BCUT2D eigenvalue weighted by Crippen LogP contribution is -2.51. The van der Waals surface area contributed by atoms with Crippen molar-refractivity contribution < 1.29 is 62.1 Å². The lowest BCUT2D eigenvalue weighted by molar-refractivity contribution is -0.139. The van der Waals surface area contributed by atoms with Crippen LogP contribution in [0.1, 0.15) is 131 Å². The number of halogens is 1. The summed E-state index contributed by atoms with van der Waals surface area (Å²) in [6.45, 7) is 9.09. The van der Waals surface area contributed by atoms with Crippen molar-refractivity contribution in [3.63, 3.8) is 0 Å². The lowest BCUT2D eigenvalue weighted by Gasteiger charge is -2.33. The Morgan fingerprint density at radius 3 is 2.14 bits per heavy atom. The van der Waals surface area contributed by atoms with E-state index in [1.54, 1.807) is 35.4 Å². The van der Waals surface area contributed by atoms with E-state index in [0.717, 1.165) is 77.3 Å². The monoisotopic (exact) mass is 1280 g/mol. The van der Waals surface area contributed by atoms with Gasteiger partial charge in [0.2, 0.25) is 23.6 Å². The summed E-state index contributed by atoms with van der Waals surface area (Å²) in [7, 11) is 0. The molecule has 1 aromatic heterocycles. The number of pyridine rings is 1. The maximum Gasteiger partial charge on any atom is 0.317 e. The molecule has 1 unspecified atom stereocenters. The van der Waals surface area contributed by atoms with Gasteiger partial charge < -0.3 is 45.1 Å². The average molecular weight is 1280 g/mol. The zero-order valence-electron chi connectivity index (χ0n) is 53.7. The first kappa shape index (κ1) is 73.2. The van der Waals surface area contributed by atoms with Crippen LogP contribution in [0.3, 0.4) is 0 Å². The second-order valence-corrected chi connectivity index (χ2v) is 24.5. The summed E-state index contributed by atoms with van der Waals surface area (Å²) >= 11 is 0. The number of nitrogens with zero attached hydrogens (tertiary/aromatic N) is 9. The van der Waals surface area contributed by atoms with Gasteiger partial charge in [0.1, 0.15) is 37.1 Å². The quantitative estimate of drug-likeness (QED) is 0.0171. The first-order valence-electron chi connectivity index (χ1n) is 32.6. The zero-order valence-corrected chi connectivity index (χ0v) is 53.7. The molecule has 0 bridgehead atoms. The molecule has 25 nitrogen and oxygen atoms in total. The maximum atomic E-state index is 14.6. The third kappa shape index (κ3) is 27.1. The van der Waals surface area contributed by atoms with Crippen LogP contribution in [0.4, 0.5) is 4.39 Å². The molecule has 2 aromatic carbocycles. The van der Waals surface area contributed by atoms with E-state index in [9.17, 15) is 53.1 Å². The van der Waals surface area contributed by atoms with Crippen LogP contribution >= 0.6 is 0 Å². The first-order chi connectivity index (χ1) is 44.5. The molecule has 0 aliphatic carbocycles. The molecular weight excluding hydrogens is 1190 g/mol. The van der Waals surface area contributed by atoms with E-state index < -0.39 is 35.7 Å². The van der Waals surface area contributed by atoms with Gasteiger partial charge in [0.25, 0.3) is 18.9 Å². The van der Waals surface area contributed by atoms with E-state index in [1.807, 2.05) is 32.6 Å². The number of rotatable bonds is 37. The van der Waals surface area contributed by atoms with Crippen LogP contribution in [0.15, 0.2) is 59.8 Å². The van der Waals surface area contributed by atoms with Crippen LogP contribution in [0.2, 0.25) is 0 Å². The van der Waals surface area contributed by atoms with Gasteiger partial charge in [-0.2, -0.15) is 10.4 Å². The van der Waals surface area contributed by atoms with Gasteiger partial charge in [0.05, 0.1) is 49.9 Å². The van der Waals surface area contributed by atoms with Crippen molar-refractivity contribution in [2.75, 3.05) is 118 Å². The van der Waals surface area contributed by atoms with Crippen molar-refractivity contribution >= 4 is 65.6 Å². The second kappa shape index (κ2) is 40.2. The molecule has 3 aliphatic heterocycles. The number of nitrogens with one attached hydrogen (secondary N) is 4. The van der Waals surface area contributed by atoms with Gasteiger partial charge in [-0.05, 0) is 127 Å². The first-order valence-corrected chi connectivity index (χ1v) is 32.6. The van der Waals surface area contributed by atoms with E-state index in [0.29, 0.717) is 145 Å². The number of fused-ring (bicyclic) bond motifs is 1. The standard InChI is InChI=1S/C66H96FN13O12/c1-51-17-19-52(20-18-51)13-11-15-60(83)70-26-9-6-14-59(73-61(84)44-75-31-32-76(45-64(87)88)34-36-78(48-91-50-82)38-37-77(35-33-75)47-90-49-81)74-72-27-8-4-3-5-16-62(85)79-29-24-53(25-30-79)12-7-10-39-92-55-21-22-58-57(40-55)56(23-28-69-58)65(89)71-43-63(86)80-46-66(2,67)41-54(80)42-68/h17-23,27-28,40,49-50,53-54,59,74H,3-16,24-26,29-39,41,43-48H2,1-2H3,(H,70,83)(H,71,89)(H,73,84)(H,87,88)/b72-27+/t54-,59-,66?/m1/s1. The third-order valence-corrected chi connectivity index (χ3v) is 17.0. The van der Waals surface area contributed by atoms with E-state index in [1.165, 1.54) is 29.1 Å². The number of ether oxygens (including phenoxy) is 3. The van der Waals surface area contributed by atoms with Crippen molar-refractivity contribution in [2.24, 2.45) is 11.0 Å². The Kier molecular flexibility index (Phi) is 32.0. The van der Waals surface area contributed by atoms with Gasteiger partial charge in [-0.15, -0.1) is 0 Å². The van der Waals surface area contributed by atoms with Crippen LogP contribution < -0.4 is 26.1 Å². The number of unbranched alkanes of at least 4 members (excludes halogenated alkanes) is 5. The highest BCUT2D eigenvalue weighted by Crippen LogP contribution is 2.30. The highest BCUT2D eigenvalue weighted by molar-refractivity contribution is 6.07. The Bertz CT molecular complexity index is 2890. The van der Waals surface area contributed by atoms with Crippen molar-refractivity contribution in [3.8, 4) is 11.8 Å². The van der Waals surface area contributed by atoms with E-state index >= 15 is 0 Å². The van der Waals surface area contributed by atoms with Crippen molar-refractivity contribution in [1.82, 2.24) is 55.8 Å². The summed E-state index contributed by atoms with van der Waals surface area (Å²) in [5.74, 6) is -0.990. The number of amides is 5. The molecule has 5 N–H and O–H groups in total. The number of carbonyl (C=O) groups excluding carboxylic acids is 7. The molecule has 3 aromatic rings. The minimum absolute atomic E-state index is 0.00141. The SMILES string of the molecule is Cc1ccc(CCCC(=O)NCCCC[C@@H](N/N=C/CCCCCC(=O)N2CCC(CCCCOc3ccc4nccc(C(=O)NCC(=O)N5CC(C)(F)C[C@@H]5C#N)c4c3)CC2)NC(=O)CN2CCN(COC=O)CCN(COC=O)CCN(CC(=O)O)CC2)cc1. The van der Waals surface area contributed by atoms with Crippen LogP contribution in [0, 0.1) is 24.2 Å². The number of aliphatic carboxylic acids is 1. The number of hydrogen-bond donors (Lipinski definition) is 5. The topological polar surface area (TPSA) is 301 Å². The Morgan fingerprint density at radius 1 is 0.783 bits per heavy atom. The van der Waals surface area contributed by atoms with E-state index in [-0.39, 0.29) is 63.8 Å². The molecule has 92 heavy (non-hydrogen) atoms. The number of hydrazone groups is 1. The summed E-state index contributed by atoms with van der Waals surface area (Å²) in [6.07, 6.45) is 14.9. The molecule has 3 fully saturated rings. The molecule has 5 amide bonds. The van der Waals surface area contributed by atoms with Crippen molar-refractivity contribution in [1.29, 1.82) is 5.26 Å². The van der Waals surface area contributed by atoms with Gasteiger partial charge in [-0.1, -0.05) is 42.7 Å². The average Bonchev–Trinajstić information content (AvgIpc) is 1.31. The molecule has 6 rings (SSSR count). The minimum Gasteiger partial charge on any atom is -0.494 e. The Balaban J connectivity index is 0.892. The summed E-state index contributed by atoms with van der Waals surface area (Å²) in [6, 6.07) is 16.3. The van der Waals surface area contributed by atoms with Crippen molar-refractivity contribution in [2.45, 2.75) is 141 Å². The number of carboxylic acids is 1. The molecular formula is C66H96FN13O12. The number of piperidine rings is 1. The van der Waals surface area contributed by atoms with Crippen LogP contribution in [0.5, 0.6) is 5.75 Å². The predicted molar refractivity (Wildman–Crippen MR) is 343 cm³/mol. The van der Waals surface area contributed by atoms with Gasteiger partial charge in [0, 0.05) is 109 Å². The van der Waals surface area contributed by atoms with E-state index in [2.05, 4.69) is 55.7 Å². The Morgan fingerprint density at radius 2 is 1.47 bits per heavy atom. The molecule has 0 spiro atoms. The number of carboxylic acid groups (broad SMARTS) is 1. The molecule has 3 atom stereocenters. The molecule has 504 valence electrons. The fourth-order valence-electron chi connectivity index (χ4n) is 11.7. The maximum absolute atomic E-state index is 14.6. The predicted octanol–water partition coefficient (Wildman–Crippen LogP) is 4.76. The van der Waals surface area contributed by atoms with Crippen molar-refractivity contribution in [3.05, 3.63) is 71.4 Å². The summed E-state index contributed by atoms with van der Waals surface area (Å²) in [5.41, 5.74) is 4.77. The molecule has 0 radical (unpaired) electrons. The van der Waals surface area contributed by atoms with Crippen LogP contribution in [-0.4, -0.2) is 230 Å². The van der Waals surface area contributed by atoms with Crippen LogP contribution in [-0.2, 0) is 49.5 Å². The molecule has 26 heteroatoms. The van der Waals surface area contributed by atoms with Gasteiger partial charge >= 0.3 is 5.97 Å². The number of likely N-dealkylation sites (tertiary alicyclic amines) is 2. The summed E-state index contributed by atoms with van der Waals surface area (Å²) in [4.78, 5) is 115. The minimum atomic E-state index is -1.66. The number of alkyl halides is 1. The number of carbonyl (C=O) groups is 8. The van der Waals surface area contributed by atoms with Gasteiger partial charge in [-0.25, -0.2) is 4.39 Å². The fraction of sp³-hybridized carbons (Fsp3) is 0.621. The van der Waals surface area contributed by atoms with E-state index in [4.69, 9.17) is 14.2 Å².